The van der Waals surface area contributed by atoms with Gasteiger partial charge in [0.05, 0.1) is 4.92 Å². The molecule has 0 aromatic heterocycles. The smallest absolute Gasteiger partial charge is 0.295 e. The van der Waals surface area contributed by atoms with Gasteiger partial charge in [0, 0.05) is 16.9 Å². The van der Waals surface area contributed by atoms with Crippen LogP contribution in [0.3, 0.4) is 0 Å². The number of nitro benzene ring substituents is 1. The summed E-state index contributed by atoms with van der Waals surface area (Å²) in [6, 6.07) is 5.81. The van der Waals surface area contributed by atoms with Crippen molar-refractivity contribution in [2.24, 2.45) is 0 Å². The van der Waals surface area contributed by atoms with E-state index in [1.54, 1.807) is 19.1 Å². The number of para-hydroxylation sites is 1. The van der Waals surface area contributed by atoms with E-state index < -0.39 is 0 Å². The van der Waals surface area contributed by atoms with E-state index in [4.69, 9.17) is 0 Å². The standard InChI is InChI=1S/C13H18N2O2S/c1-9-4-3-5-12(13(9)15(16)17)14-10-6-7-11(8-10)18-2/h3-5,10-11,14H,6-8H2,1-2H3. The van der Waals surface area contributed by atoms with Gasteiger partial charge in [-0.25, -0.2) is 0 Å². The molecule has 1 aromatic carbocycles. The Morgan fingerprint density at radius 3 is 2.83 bits per heavy atom. The van der Waals surface area contributed by atoms with E-state index in [9.17, 15) is 10.1 Å². The van der Waals surface area contributed by atoms with Gasteiger partial charge < -0.3 is 5.32 Å². The fourth-order valence-electron chi connectivity index (χ4n) is 2.52. The predicted molar refractivity (Wildman–Crippen MR) is 76.4 cm³/mol. The average molecular weight is 266 g/mol. The van der Waals surface area contributed by atoms with Gasteiger partial charge in [-0.3, -0.25) is 10.1 Å². The van der Waals surface area contributed by atoms with Gasteiger partial charge >= 0.3 is 0 Å². The summed E-state index contributed by atoms with van der Waals surface area (Å²) in [5.41, 5.74) is 1.58. The number of rotatable bonds is 4. The summed E-state index contributed by atoms with van der Waals surface area (Å²) >= 11 is 1.89. The van der Waals surface area contributed by atoms with Crippen LogP contribution < -0.4 is 5.32 Å². The summed E-state index contributed by atoms with van der Waals surface area (Å²) in [5.74, 6) is 0. The largest absolute Gasteiger partial charge is 0.377 e. The molecule has 2 rings (SSSR count). The topological polar surface area (TPSA) is 55.2 Å². The van der Waals surface area contributed by atoms with Crippen LogP contribution >= 0.6 is 11.8 Å². The van der Waals surface area contributed by atoms with E-state index in [1.165, 1.54) is 6.42 Å². The summed E-state index contributed by atoms with van der Waals surface area (Å²) in [6.07, 6.45) is 5.50. The Morgan fingerprint density at radius 2 is 2.22 bits per heavy atom. The number of nitrogens with zero attached hydrogens (tertiary/aromatic N) is 1. The third-order valence-corrected chi connectivity index (χ3v) is 4.59. The maximum atomic E-state index is 11.1. The van der Waals surface area contributed by atoms with Crippen LogP contribution in [0.15, 0.2) is 18.2 Å². The maximum absolute atomic E-state index is 11.1. The highest BCUT2D eigenvalue weighted by molar-refractivity contribution is 7.99. The fraction of sp³-hybridized carbons (Fsp3) is 0.538. The zero-order valence-corrected chi connectivity index (χ0v) is 11.5. The molecule has 1 aliphatic carbocycles. The molecule has 1 aliphatic rings. The lowest BCUT2D eigenvalue weighted by atomic mass is 10.1. The number of thioether (sulfide) groups is 1. The van der Waals surface area contributed by atoms with Crippen LogP contribution in [0, 0.1) is 17.0 Å². The highest BCUT2D eigenvalue weighted by atomic mass is 32.2. The minimum absolute atomic E-state index is 0.213. The highest BCUT2D eigenvalue weighted by Gasteiger charge is 2.26. The van der Waals surface area contributed by atoms with E-state index in [2.05, 4.69) is 11.6 Å². The van der Waals surface area contributed by atoms with Crippen molar-refractivity contribution in [3.05, 3.63) is 33.9 Å². The zero-order valence-electron chi connectivity index (χ0n) is 10.7. The second-order valence-corrected chi connectivity index (χ2v) is 5.88. The zero-order chi connectivity index (χ0) is 13.1. The van der Waals surface area contributed by atoms with E-state index in [0.717, 1.165) is 12.8 Å². The summed E-state index contributed by atoms with van der Waals surface area (Å²) in [7, 11) is 0. The lowest BCUT2D eigenvalue weighted by Crippen LogP contribution is -2.17. The van der Waals surface area contributed by atoms with Gasteiger partial charge in [-0.15, -0.1) is 0 Å². The van der Waals surface area contributed by atoms with E-state index >= 15 is 0 Å². The molecule has 5 heteroatoms. The average Bonchev–Trinajstić information content (AvgIpc) is 2.76. The lowest BCUT2D eigenvalue weighted by molar-refractivity contribution is -0.384. The Hall–Kier alpha value is -1.23. The number of benzene rings is 1. The molecule has 0 heterocycles. The molecule has 0 amide bonds. The Labute approximate surface area is 111 Å². The van der Waals surface area contributed by atoms with Crippen LogP contribution in [-0.2, 0) is 0 Å². The highest BCUT2D eigenvalue weighted by Crippen LogP contribution is 2.34. The van der Waals surface area contributed by atoms with E-state index in [0.29, 0.717) is 22.5 Å². The first-order valence-electron chi connectivity index (χ1n) is 6.15. The summed E-state index contributed by atoms with van der Waals surface area (Å²) in [4.78, 5) is 10.8. The van der Waals surface area contributed by atoms with Crippen LogP contribution in [0.5, 0.6) is 0 Å². The molecule has 1 aromatic rings. The van der Waals surface area contributed by atoms with Crippen molar-refractivity contribution in [3.8, 4) is 0 Å². The Morgan fingerprint density at radius 1 is 1.44 bits per heavy atom. The van der Waals surface area contributed by atoms with Crippen molar-refractivity contribution in [2.75, 3.05) is 11.6 Å². The molecule has 2 unspecified atom stereocenters. The molecular formula is C13H18N2O2S. The molecular weight excluding hydrogens is 248 g/mol. The van der Waals surface area contributed by atoms with E-state index in [1.807, 2.05) is 17.8 Å². The number of nitrogens with one attached hydrogen (secondary N) is 1. The fourth-order valence-corrected chi connectivity index (χ4v) is 3.32. The Kier molecular flexibility index (Phi) is 4.11. The quantitative estimate of drug-likeness (QED) is 0.668. The van der Waals surface area contributed by atoms with Gasteiger partial charge in [0.1, 0.15) is 5.69 Å². The number of anilines is 1. The van der Waals surface area contributed by atoms with Gasteiger partial charge in [-0.1, -0.05) is 12.1 Å². The lowest BCUT2D eigenvalue weighted by Gasteiger charge is -2.15. The number of hydrogen-bond acceptors (Lipinski definition) is 4. The van der Waals surface area contributed by atoms with Gasteiger partial charge in [0.25, 0.3) is 5.69 Å². The van der Waals surface area contributed by atoms with Crippen LogP contribution in [0.2, 0.25) is 0 Å². The van der Waals surface area contributed by atoms with Gasteiger partial charge in [0.2, 0.25) is 0 Å². The second kappa shape index (κ2) is 5.61. The minimum atomic E-state index is -0.293. The molecule has 0 spiro atoms. The van der Waals surface area contributed by atoms with Gasteiger partial charge in [-0.2, -0.15) is 11.8 Å². The normalized spacial score (nSPS) is 23.0. The summed E-state index contributed by atoms with van der Waals surface area (Å²) in [5, 5.41) is 15.1. The van der Waals surface area contributed by atoms with Crippen molar-refractivity contribution in [2.45, 2.75) is 37.5 Å². The van der Waals surface area contributed by atoms with Crippen LogP contribution in [0.25, 0.3) is 0 Å². The van der Waals surface area contributed by atoms with Crippen molar-refractivity contribution in [1.29, 1.82) is 0 Å². The first-order valence-corrected chi connectivity index (χ1v) is 7.44. The molecule has 98 valence electrons. The van der Waals surface area contributed by atoms with E-state index in [-0.39, 0.29) is 10.6 Å². The molecule has 2 atom stereocenters. The predicted octanol–water partition coefficient (Wildman–Crippen LogP) is 3.60. The van der Waals surface area contributed by atoms with Crippen LogP contribution in [0.1, 0.15) is 24.8 Å². The van der Waals surface area contributed by atoms with Gasteiger partial charge in [0.15, 0.2) is 0 Å². The number of hydrogen-bond donors (Lipinski definition) is 1. The Balaban J connectivity index is 2.15. The maximum Gasteiger partial charge on any atom is 0.295 e. The monoisotopic (exact) mass is 266 g/mol. The molecule has 18 heavy (non-hydrogen) atoms. The molecule has 1 N–H and O–H groups in total. The number of nitro groups is 1. The van der Waals surface area contributed by atoms with Crippen molar-refractivity contribution in [1.82, 2.24) is 0 Å². The summed E-state index contributed by atoms with van der Waals surface area (Å²) in [6.45, 7) is 1.78. The third kappa shape index (κ3) is 2.77. The molecule has 0 radical (unpaired) electrons. The minimum Gasteiger partial charge on any atom is -0.377 e. The van der Waals surface area contributed by atoms with Crippen molar-refractivity contribution >= 4 is 23.1 Å². The SMILES string of the molecule is CSC1CCC(Nc2cccc(C)c2[N+](=O)[O-])C1. The van der Waals surface area contributed by atoms with Crippen molar-refractivity contribution in [3.63, 3.8) is 0 Å². The third-order valence-electron chi connectivity index (χ3n) is 3.50. The number of aryl methyl sites for hydroxylation is 1. The van der Waals surface area contributed by atoms with Crippen LogP contribution in [-0.4, -0.2) is 22.5 Å². The molecule has 0 aliphatic heterocycles. The second-order valence-electron chi connectivity index (χ2n) is 4.74. The van der Waals surface area contributed by atoms with Crippen molar-refractivity contribution < 1.29 is 4.92 Å². The van der Waals surface area contributed by atoms with Crippen LogP contribution in [0.4, 0.5) is 11.4 Å². The molecule has 0 bridgehead atoms. The summed E-state index contributed by atoms with van der Waals surface area (Å²) < 4.78 is 0. The molecule has 1 fully saturated rings. The van der Waals surface area contributed by atoms with Gasteiger partial charge in [-0.05, 0) is 38.5 Å². The first-order chi connectivity index (χ1) is 8.61. The molecule has 0 saturated heterocycles. The molecule has 1 saturated carbocycles. The Bertz CT molecular complexity index is 451. The molecule has 4 nitrogen and oxygen atoms in total. The first kappa shape index (κ1) is 13.2.